The molecule has 0 spiro atoms. The Morgan fingerprint density at radius 2 is 1.85 bits per heavy atom. The first-order valence-corrected chi connectivity index (χ1v) is 12.0. The highest BCUT2D eigenvalue weighted by Crippen LogP contribution is 2.30. The minimum Gasteiger partial charge on any atom is -0.228 e. The van der Waals surface area contributed by atoms with Crippen molar-refractivity contribution in [2.45, 2.75) is 43.9 Å². The van der Waals surface area contributed by atoms with Crippen LogP contribution in [-0.2, 0) is 31.8 Å². The first-order valence-electron chi connectivity index (χ1n) is 8.67. The van der Waals surface area contributed by atoms with Crippen LogP contribution >= 0.6 is 0 Å². The van der Waals surface area contributed by atoms with E-state index in [0.717, 1.165) is 16.4 Å². The van der Waals surface area contributed by atoms with Gasteiger partial charge in [-0.3, -0.25) is 0 Å². The molecular formula is C17H24F3NO4S2. The molecule has 154 valence electrons. The first kappa shape index (κ1) is 22.2. The first-order chi connectivity index (χ1) is 12.3. The number of nitrogens with zero attached hydrogens (tertiary/aromatic N) is 1. The number of rotatable bonds is 6. The van der Waals surface area contributed by atoms with E-state index in [-0.39, 0.29) is 30.3 Å². The van der Waals surface area contributed by atoms with Gasteiger partial charge in [0, 0.05) is 13.1 Å². The Balaban J connectivity index is 2.17. The molecule has 1 saturated heterocycles. The summed E-state index contributed by atoms with van der Waals surface area (Å²) in [4.78, 5) is 0. The van der Waals surface area contributed by atoms with E-state index in [1.54, 1.807) is 13.8 Å². The zero-order valence-corrected chi connectivity index (χ0v) is 16.9. The van der Waals surface area contributed by atoms with Crippen molar-refractivity contribution in [2.24, 2.45) is 5.92 Å². The molecule has 0 aromatic heterocycles. The van der Waals surface area contributed by atoms with E-state index in [4.69, 9.17) is 0 Å². The zero-order valence-electron chi connectivity index (χ0n) is 15.2. The van der Waals surface area contributed by atoms with E-state index < -0.39 is 42.6 Å². The summed E-state index contributed by atoms with van der Waals surface area (Å²) >= 11 is 0. The summed E-state index contributed by atoms with van der Waals surface area (Å²) in [6.07, 6.45) is -3.75. The quantitative estimate of drug-likeness (QED) is 0.700. The number of halogens is 3. The number of hydrogen-bond donors (Lipinski definition) is 0. The van der Waals surface area contributed by atoms with Crippen molar-refractivity contribution in [1.29, 1.82) is 0 Å². The predicted octanol–water partition coefficient (Wildman–Crippen LogP) is 3.07. The highest BCUT2D eigenvalue weighted by molar-refractivity contribution is 7.92. The Kier molecular flexibility index (Phi) is 6.63. The molecule has 0 radical (unpaired) electrons. The molecule has 5 nitrogen and oxygen atoms in total. The van der Waals surface area contributed by atoms with Gasteiger partial charge in [-0.15, -0.1) is 0 Å². The van der Waals surface area contributed by atoms with Gasteiger partial charge in [0.25, 0.3) is 0 Å². The number of sulfone groups is 1. The maximum Gasteiger partial charge on any atom is 0.416 e. The topological polar surface area (TPSA) is 71.5 Å². The fourth-order valence-corrected chi connectivity index (χ4v) is 7.02. The Morgan fingerprint density at radius 3 is 2.44 bits per heavy atom. The van der Waals surface area contributed by atoms with Crippen LogP contribution in [-0.4, -0.2) is 45.2 Å². The second kappa shape index (κ2) is 8.08. The van der Waals surface area contributed by atoms with Crippen LogP contribution in [0.2, 0.25) is 0 Å². The van der Waals surface area contributed by atoms with E-state index in [1.165, 1.54) is 12.1 Å². The van der Waals surface area contributed by atoms with E-state index in [9.17, 15) is 30.0 Å². The fourth-order valence-electron chi connectivity index (χ4n) is 3.19. The molecule has 2 rings (SSSR count). The maximum atomic E-state index is 12.8. The van der Waals surface area contributed by atoms with Gasteiger partial charge in [0.15, 0.2) is 9.84 Å². The van der Waals surface area contributed by atoms with Gasteiger partial charge in [0.2, 0.25) is 10.0 Å². The second-order valence-corrected chi connectivity index (χ2v) is 11.6. The molecule has 1 fully saturated rings. The highest BCUT2D eigenvalue weighted by Gasteiger charge is 2.36. The fraction of sp³-hybridized carbons (Fsp3) is 0.647. The van der Waals surface area contributed by atoms with E-state index in [2.05, 4.69) is 0 Å². The summed E-state index contributed by atoms with van der Waals surface area (Å²) in [6, 6.07) is 4.18. The third-order valence-corrected chi connectivity index (χ3v) is 8.76. The molecule has 0 aliphatic carbocycles. The van der Waals surface area contributed by atoms with E-state index >= 15 is 0 Å². The van der Waals surface area contributed by atoms with Crippen LogP contribution in [0.15, 0.2) is 24.3 Å². The summed E-state index contributed by atoms with van der Waals surface area (Å²) in [7, 11) is -7.35. The molecule has 1 unspecified atom stereocenters. The van der Waals surface area contributed by atoms with E-state index in [0.29, 0.717) is 12.8 Å². The number of benzene rings is 1. The van der Waals surface area contributed by atoms with Gasteiger partial charge in [-0.1, -0.05) is 32.0 Å². The minimum absolute atomic E-state index is 0.0147. The smallest absolute Gasteiger partial charge is 0.228 e. The Hall–Kier alpha value is -1.13. The minimum atomic E-state index is -4.55. The van der Waals surface area contributed by atoms with Crippen molar-refractivity contribution in [3.05, 3.63) is 35.4 Å². The van der Waals surface area contributed by atoms with Crippen molar-refractivity contribution in [3.63, 3.8) is 0 Å². The molecule has 0 bridgehead atoms. The van der Waals surface area contributed by atoms with Crippen molar-refractivity contribution < 1.29 is 30.0 Å². The van der Waals surface area contributed by atoms with Crippen LogP contribution in [0.4, 0.5) is 13.2 Å². The van der Waals surface area contributed by atoms with Gasteiger partial charge in [-0.2, -0.15) is 13.2 Å². The lowest BCUT2D eigenvalue weighted by Crippen LogP contribution is -2.46. The Bertz CT molecular complexity index is 864. The van der Waals surface area contributed by atoms with Crippen molar-refractivity contribution >= 4 is 19.9 Å². The van der Waals surface area contributed by atoms with Crippen LogP contribution in [0.5, 0.6) is 0 Å². The number of sulfonamides is 1. The average molecular weight is 428 g/mol. The lowest BCUT2D eigenvalue weighted by atomic mass is 10.1. The van der Waals surface area contributed by atoms with Gasteiger partial charge < -0.3 is 0 Å². The zero-order chi connectivity index (χ0) is 20.5. The standard InChI is InChI=1S/C17H24F3NO4S2/c1-13(2)11-26(22,23)16-7-4-8-21(10-16)27(24,25)12-14-5-3-6-15(9-14)17(18,19)20/h3,5-6,9,13,16H,4,7-8,10-12H2,1-2H3. The third-order valence-electron chi connectivity index (χ3n) is 4.41. The van der Waals surface area contributed by atoms with Gasteiger partial charge in [-0.25, -0.2) is 21.1 Å². The molecule has 0 amide bonds. The molecule has 1 heterocycles. The summed E-state index contributed by atoms with van der Waals surface area (Å²) < 4.78 is 89.7. The molecule has 10 heteroatoms. The second-order valence-electron chi connectivity index (χ2n) is 7.30. The summed E-state index contributed by atoms with van der Waals surface area (Å²) in [6.45, 7) is 3.59. The maximum absolute atomic E-state index is 12.8. The molecule has 1 aromatic carbocycles. The lowest BCUT2D eigenvalue weighted by Gasteiger charge is -2.32. The molecule has 0 saturated carbocycles. The Morgan fingerprint density at radius 1 is 1.19 bits per heavy atom. The summed E-state index contributed by atoms with van der Waals surface area (Å²) in [5, 5.41) is -0.773. The van der Waals surface area contributed by atoms with Gasteiger partial charge >= 0.3 is 6.18 Å². The SMILES string of the molecule is CC(C)CS(=O)(=O)C1CCCN(S(=O)(=O)Cc2cccc(C(F)(F)F)c2)C1. The summed E-state index contributed by atoms with van der Waals surface area (Å²) in [5.41, 5.74) is -0.886. The molecule has 1 atom stereocenters. The summed E-state index contributed by atoms with van der Waals surface area (Å²) in [5.74, 6) is -0.667. The predicted molar refractivity (Wildman–Crippen MR) is 97.3 cm³/mol. The number of alkyl halides is 3. The van der Waals surface area contributed by atoms with Crippen molar-refractivity contribution in [1.82, 2.24) is 4.31 Å². The number of hydrogen-bond acceptors (Lipinski definition) is 4. The van der Waals surface area contributed by atoms with Crippen LogP contribution in [0.3, 0.4) is 0 Å². The van der Waals surface area contributed by atoms with Gasteiger partial charge in [0.05, 0.1) is 22.3 Å². The molecule has 0 N–H and O–H groups in total. The van der Waals surface area contributed by atoms with Crippen LogP contribution in [0.1, 0.15) is 37.8 Å². The third kappa shape index (κ3) is 5.92. The molecule has 27 heavy (non-hydrogen) atoms. The Labute approximate surface area is 158 Å². The normalized spacial score (nSPS) is 20.1. The van der Waals surface area contributed by atoms with Crippen LogP contribution in [0, 0.1) is 5.92 Å². The van der Waals surface area contributed by atoms with Crippen molar-refractivity contribution in [2.75, 3.05) is 18.8 Å². The van der Waals surface area contributed by atoms with Crippen LogP contribution < -0.4 is 0 Å². The largest absolute Gasteiger partial charge is 0.416 e. The van der Waals surface area contributed by atoms with Crippen LogP contribution in [0.25, 0.3) is 0 Å². The molecule has 1 aliphatic rings. The molecular weight excluding hydrogens is 403 g/mol. The molecule has 1 aliphatic heterocycles. The highest BCUT2D eigenvalue weighted by atomic mass is 32.2. The van der Waals surface area contributed by atoms with Gasteiger partial charge in [0.1, 0.15) is 0 Å². The lowest BCUT2D eigenvalue weighted by molar-refractivity contribution is -0.137. The van der Waals surface area contributed by atoms with E-state index in [1.807, 2.05) is 0 Å². The monoisotopic (exact) mass is 427 g/mol. The molecule has 1 aromatic rings. The van der Waals surface area contributed by atoms with Crippen molar-refractivity contribution in [3.8, 4) is 0 Å². The average Bonchev–Trinajstić information content (AvgIpc) is 2.53. The number of piperidine rings is 1. The van der Waals surface area contributed by atoms with Gasteiger partial charge in [-0.05, 0) is 30.4 Å².